The van der Waals surface area contributed by atoms with Crippen molar-refractivity contribution in [2.24, 2.45) is 0 Å². The Kier molecular flexibility index (Phi) is 3.31. The molecule has 0 spiro atoms. The second-order valence-electron chi connectivity index (χ2n) is 6.01. The molecular weight excluding hydrogens is 250 g/mol. The monoisotopic (exact) mass is 271 g/mol. The lowest BCUT2D eigenvalue weighted by Gasteiger charge is -2.42. The van der Waals surface area contributed by atoms with Crippen LogP contribution in [0, 0.1) is 11.3 Å². The fourth-order valence-corrected chi connectivity index (χ4v) is 3.64. The van der Waals surface area contributed by atoms with Crippen LogP contribution in [0.4, 0.5) is 5.69 Å². The van der Waals surface area contributed by atoms with Crippen LogP contribution in [0.2, 0.25) is 0 Å². The van der Waals surface area contributed by atoms with Gasteiger partial charge in [-0.05, 0) is 57.0 Å². The van der Waals surface area contributed by atoms with Gasteiger partial charge in [-0.2, -0.15) is 5.26 Å². The van der Waals surface area contributed by atoms with E-state index in [-0.39, 0.29) is 0 Å². The highest BCUT2D eigenvalue weighted by molar-refractivity contribution is 5.50. The van der Waals surface area contributed by atoms with Crippen LogP contribution < -0.4 is 10.1 Å². The second-order valence-corrected chi connectivity index (χ2v) is 6.01. The summed E-state index contributed by atoms with van der Waals surface area (Å²) in [5.41, 5.74) is 0.573. The molecule has 2 heterocycles. The molecule has 1 N–H and O–H groups in total. The van der Waals surface area contributed by atoms with Crippen LogP contribution in [-0.2, 0) is 0 Å². The molecule has 2 unspecified atom stereocenters. The van der Waals surface area contributed by atoms with Crippen molar-refractivity contribution in [3.05, 3.63) is 24.3 Å². The normalized spacial score (nSPS) is 32.6. The van der Waals surface area contributed by atoms with Crippen LogP contribution in [0.15, 0.2) is 24.3 Å². The van der Waals surface area contributed by atoms with Crippen molar-refractivity contribution >= 4 is 5.69 Å². The molecule has 4 nitrogen and oxygen atoms in total. The highest BCUT2D eigenvalue weighted by Gasteiger charge is 2.47. The summed E-state index contributed by atoms with van der Waals surface area (Å²) in [5.74, 6) is 0.838. The number of hydrogen-bond donors (Lipinski definition) is 1. The molecule has 0 saturated carbocycles. The third kappa shape index (κ3) is 2.23. The highest BCUT2D eigenvalue weighted by atomic mass is 16.5. The molecule has 2 bridgehead atoms. The minimum absolute atomic E-state index is 0.424. The van der Waals surface area contributed by atoms with Gasteiger partial charge in [-0.25, -0.2) is 0 Å². The van der Waals surface area contributed by atoms with Gasteiger partial charge in [-0.1, -0.05) is 0 Å². The van der Waals surface area contributed by atoms with E-state index in [0.29, 0.717) is 12.1 Å². The summed E-state index contributed by atoms with van der Waals surface area (Å²) in [6, 6.07) is 11.5. The summed E-state index contributed by atoms with van der Waals surface area (Å²) in [7, 11) is 3.85. The van der Waals surface area contributed by atoms with Gasteiger partial charge in [-0.15, -0.1) is 0 Å². The molecule has 0 aliphatic carbocycles. The van der Waals surface area contributed by atoms with Crippen molar-refractivity contribution < 1.29 is 4.74 Å². The minimum Gasteiger partial charge on any atom is -0.497 e. The van der Waals surface area contributed by atoms with Gasteiger partial charge in [0.1, 0.15) is 11.3 Å². The van der Waals surface area contributed by atoms with Gasteiger partial charge in [0.15, 0.2) is 0 Å². The van der Waals surface area contributed by atoms with Crippen LogP contribution in [0.25, 0.3) is 0 Å². The lowest BCUT2D eigenvalue weighted by atomic mass is 9.84. The van der Waals surface area contributed by atoms with Crippen molar-refractivity contribution in [2.75, 3.05) is 19.5 Å². The summed E-state index contributed by atoms with van der Waals surface area (Å²) in [6.07, 6.45) is 4.24. The number of benzene rings is 1. The molecule has 2 atom stereocenters. The van der Waals surface area contributed by atoms with Gasteiger partial charge >= 0.3 is 0 Å². The third-order valence-corrected chi connectivity index (χ3v) is 4.84. The van der Waals surface area contributed by atoms with E-state index < -0.39 is 5.54 Å². The molecule has 2 fully saturated rings. The SMILES string of the molecule is COc1ccc(NC2(C#N)CC3CCC(C2)N3C)cc1. The van der Waals surface area contributed by atoms with E-state index in [2.05, 4.69) is 23.3 Å². The third-order valence-electron chi connectivity index (χ3n) is 4.84. The fourth-order valence-electron chi connectivity index (χ4n) is 3.64. The summed E-state index contributed by atoms with van der Waals surface area (Å²) in [6.45, 7) is 0. The van der Waals surface area contributed by atoms with Gasteiger partial charge in [0.2, 0.25) is 0 Å². The zero-order valence-electron chi connectivity index (χ0n) is 12.1. The van der Waals surface area contributed by atoms with E-state index in [1.165, 1.54) is 12.8 Å². The molecule has 0 radical (unpaired) electrons. The van der Waals surface area contributed by atoms with E-state index >= 15 is 0 Å². The first-order valence-corrected chi connectivity index (χ1v) is 7.21. The van der Waals surface area contributed by atoms with Crippen molar-refractivity contribution in [3.63, 3.8) is 0 Å². The van der Waals surface area contributed by atoms with Crippen LogP contribution >= 0.6 is 0 Å². The topological polar surface area (TPSA) is 48.3 Å². The standard InChI is InChI=1S/C16H21N3O/c1-19-13-5-6-14(19)10-16(9-13,11-17)18-12-3-7-15(20-2)8-4-12/h3-4,7-8,13-14,18H,5-6,9-10H2,1-2H3. The maximum Gasteiger partial charge on any atom is 0.128 e. The number of hydrogen-bond acceptors (Lipinski definition) is 4. The Morgan fingerprint density at radius 2 is 1.85 bits per heavy atom. The molecule has 2 saturated heterocycles. The van der Waals surface area contributed by atoms with Crippen LogP contribution in [0.5, 0.6) is 5.75 Å². The van der Waals surface area contributed by atoms with Crippen molar-refractivity contribution in [1.29, 1.82) is 5.26 Å². The molecule has 20 heavy (non-hydrogen) atoms. The lowest BCUT2D eigenvalue weighted by molar-refractivity contribution is 0.146. The minimum atomic E-state index is -0.424. The highest BCUT2D eigenvalue weighted by Crippen LogP contribution is 2.41. The number of rotatable bonds is 3. The summed E-state index contributed by atoms with van der Waals surface area (Å²) in [5, 5.41) is 13.2. The van der Waals surface area contributed by atoms with Gasteiger partial charge in [0.05, 0.1) is 13.2 Å². The summed E-state index contributed by atoms with van der Waals surface area (Å²) >= 11 is 0. The van der Waals surface area contributed by atoms with E-state index in [1.807, 2.05) is 24.3 Å². The molecule has 0 amide bonds. The second kappa shape index (κ2) is 4.99. The van der Waals surface area contributed by atoms with Gasteiger partial charge < -0.3 is 15.0 Å². The van der Waals surface area contributed by atoms with Crippen molar-refractivity contribution in [2.45, 2.75) is 43.3 Å². The first kappa shape index (κ1) is 13.3. The Hall–Kier alpha value is -1.73. The van der Waals surface area contributed by atoms with E-state index in [9.17, 15) is 5.26 Å². The molecular formula is C16H21N3O. The molecule has 2 aliphatic rings. The predicted molar refractivity (Wildman–Crippen MR) is 78.8 cm³/mol. The van der Waals surface area contributed by atoms with Crippen molar-refractivity contribution in [3.8, 4) is 11.8 Å². The van der Waals surface area contributed by atoms with Gasteiger partial charge in [0, 0.05) is 17.8 Å². The summed E-state index contributed by atoms with van der Waals surface area (Å²) < 4.78 is 5.17. The average Bonchev–Trinajstić information content (AvgIpc) is 2.71. The largest absolute Gasteiger partial charge is 0.497 e. The Labute approximate surface area is 120 Å². The quantitative estimate of drug-likeness (QED) is 0.918. The van der Waals surface area contributed by atoms with E-state index in [4.69, 9.17) is 4.74 Å². The van der Waals surface area contributed by atoms with Crippen LogP contribution in [0.3, 0.4) is 0 Å². The molecule has 3 rings (SSSR count). The molecule has 4 heteroatoms. The Morgan fingerprint density at radius 3 is 2.35 bits per heavy atom. The average molecular weight is 271 g/mol. The number of nitriles is 1. The zero-order chi connectivity index (χ0) is 14.2. The number of methoxy groups -OCH3 is 1. The maximum absolute atomic E-state index is 9.70. The number of anilines is 1. The number of piperidine rings is 1. The lowest BCUT2D eigenvalue weighted by Crippen LogP contribution is -2.52. The van der Waals surface area contributed by atoms with Gasteiger partial charge in [0.25, 0.3) is 0 Å². The molecule has 2 aliphatic heterocycles. The Bertz CT molecular complexity index is 506. The van der Waals surface area contributed by atoms with E-state index in [1.54, 1.807) is 7.11 Å². The number of nitrogens with one attached hydrogen (secondary N) is 1. The molecule has 0 aromatic heterocycles. The zero-order valence-corrected chi connectivity index (χ0v) is 12.1. The van der Waals surface area contributed by atoms with Gasteiger partial charge in [-0.3, -0.25) is 0 Å². The van der Waals surface area contributed by atoms with Crippen LogP contribution in [-0.4, -0.2) is 36.7 Å². The number of ether oxygens (including phenoxy) is 1. The molecule has 1 aromatic rings. The number of fused-ring (bicyclic) bond motifs is 2. The predicted octanol–water partition coefficient (Wildman–Crippen LogP) is 2.63. The molecule has 106 valence electrons. The first-order valence-electron chi connectivity index (χ1n) is 7.21. The Morgan fingerprint density at radius 1 is 1.25 bits per heavy atom. The number of nitrogens with zero attached hydrogens (tertiary/aromatic N) is 2. The smallest absolute Gasteiger partial charge is 0.128 e. The molecule has 1 aromatic carbocycles. The first-order chi connectivity index (χ1) is 9.65. The Balaban J connectivity index is 1.78. The summed E-state index contributed by atoms with van der Waals surface area (Å²) in [4.78, 5) is 2.45. The van der Waals surface area contributed by atoms with Crippen LogP contribution in [0.1, 0.15) is 25.7 Å². The maximum atomic E-state index is 9.70. The van der Waals surface area contributed by atoms with E-state index in [0.717, 1.165) is 24.3 Å². The fraction of sp³-hybridized carbons (Fsp3) is 0.562. The van der Waals surface area contributed by atoms with Crippen molar-refractivity contribution in [1.82, 2.24) is 4.90 Å².